The number of ether oxygens (including phenoxy) is 2. The van der Waals surface area contributed by atoms with Gasteiger partial charge in [0, 0.05) is 17.8 Å². The van der Waals surface area contributed by atoms with Gasteiger partial charge in [-0.1, -0.05) is 0 Å². The van der Waals surface area contributed by atoms with Gasteiger partial charge < -0.3 is 25.1 Å². The maximum atomic E-state index is 13.6. The molecule has 11 heteroatoms. The van der Waals surface area contributed by atoms with Gasteiger partial charge in [0.2, 0.25) is 18.1 Å². The number of carbonyl (C=O) groups excluding carboxylic acids is 1. The first-order valence-electron chi connectivity index (χ1n) is 11.1. The molecule has 0 unspecified atom stereocenters. The van der Waals surface area contributed by atoms with Gasteiger partial charge in [0.15, 0.2) is 5.82 Å². The number of amides is 1. The zero-order chi connectivity index (χ0) is 25.0. The third-order valence-corrected chi connectivity index (χ3v) is 5.38. The number of hydrogen-bond donors (Lipinski definition) is 3. The number of aromatic amines is 1. The van der Waals surface area contributed by atoms with E-state index in [2.05, 4.69) is 25.6 Å². The molecule has 1 aliphatic rings. The highest BCUT2D eigenvalue weighted by Gasteiger charge is 2.40. The molecule has 1 aromatic carbocycles. The molecule has 0 saturated carbocycles. The second-order valence-corrected chi connectivity index (χ2v) is 8.77. The van der Waals surface area contributed by atoms with Crippen LogP contribution in [0.2, 0.25) is 0 Å². The van der Waals surface area contributed by atoms with E-state index in [1.54, 1.807) is 31.3 Å². The Balaban J connectivity index is 1.64. The molecular formula is C24H26FN7O3. The van der Waals surface area contributed by atoms with Crippen LogP contribution >= 0.6 is 0 Å². The van der Waals surface area contributed by atoms with Gasteiger partial charge >= 0.3 is 0 Å². The summed E-state index contributed by atoms with van der Waals surface area (Å²) in [5, 5.41) is 14.4. The summed E-state index contributed by atoms with van der Waals surface area (Å²) in [7, 11) is 0. The van der Waals surface area contributed by atoms with Crippen LogP contribution in [0.3, 0.4) is 0 Å². The Hall–Kier alpha value is -3.88. The number of nitrogens with one attached hydrogen (secondary N) is 3. The molecular weight excluding hydrogens is 453 g/mol. The minimum Gasteiger partial charge on any atom is -0.352 e. The largest absolute Gasteiger partial charge is 0.352 e. The summed E-state index contributed by atoms with van der Waals surface area (Å²) in [6, 6.07) is 9.75. The molecule has 1 amide bonds. The number of nitrogens with zero attached hydrogens (tertiary/aromatic N) is 4. The fourth-order valence-corrected chi connectivity index (χ4v) is 3.56. The third kappa shape index (κ3) is 5.45. The fourth-order valence-electron chi connectivity index (χ4n) is 3.56. The predicted octanol–water partition coefficient (Wildman–Crippen LogP) is 3.18. The van der Waals surface area contributed by atoms with Crippen LogP contribution in [0.1, 0.15) is 32.9 Å². The van der Waals surface area contributed by atoms with E-state index < -0.39 is 11.7 Å². The molecule has 1 fully saturated rings. The van der Waals surface area contributed by atoms with Gasteiger partial charge in [-0.2, -0.15) is 5.26 Å². The second kappa shape index (κ2) is 10.2. The van der Waals surface area contributed by atoms with E-state index in [4.69, 9.17) is 19.7 Å². The zero-order valence-corrected chi connectivity index (χ0v) is 19.6. The molecule has 0 aliphatic carbocycles. The van der Waals surface area contributed by atoms with Gasteiger partial charge in [0.1, 0.15) is 12.4 Å². The van der Waals surface area contributed by atoms with Crippen molar-refractivity contribution in [2.75, 3.05) is 25.1 Å². The van der Waals surface area contributed by atoms with Gasteiger partial charge in [-0.15, -0.1) is 0 Å². The SMILES string of the molecule is CC(C)Nc1nccc(-c2[nH]c(C3OCC(C)(C(=O)NCC#N)CO3)nc2-c2ccc(F)cc2)n1. The summed E-state index contributed by atoms with van der Waals surface area (Å²) >= 11 is 0. The molecule has 35 heavy (non-hydrogen) atoms. The molecule has 3 N–H and O–H groups in total. The van der Waals surface area contributed by atoms with E-state index in [0.29, 0.717) is 34.4 Å². The molecule has 182 valence electrons. The van der Waals surface area contributed by atoms with Gasteiger partial charge in [-0.3, -0.25) is 4.79 Å². The Labute approximate surface area is 201 Å². The number of hydrogen-bond acceptors (Lipinski definition) is 8. The summed E-state index contributed by atoms with van der Waals surface area (Å²) in [6.45, 7) is 5.74. The molecule has 3 heterocycles. The summed E-state index contributed by atoms with van der Waals surface area (Å²) < 4.78 is 25.3. The molecule has 10 nitrogen and oxygen atoms in total. The van der Waals surface area contributed by atoms with Crippen LogP contribution in [0.15, 0.2) is 36.5 Å². The Morgan fingerprint density at radius 1 is 1.26 bits per heavy atom. The molecule has 1 saturated heterocycles. The molecule has 3 aromatic rings. The third-order valence-electron chi connectivity index (χ3n) is 5.38. The molecule has 0 bridgehead atoms. The molecule has 4 rings (SSSR count). The lowest BCUT2D eigenvalue weighted by atomic mass is 9.91. The van der Waals surface area contributed by atoms with Crippen LogP contribution in [-0.4, -0.2) is 51.6 Å². The summed E-state index contributed by atoms with van der Waals surface area (Å²) in [6.07, 6.45) is 0.788. The van der Waals surface area contributed by atoms with E-state index in [0.717, 1.165) is 0 Å². The number of nitriles is 1. The topological polar surface area (TPSA) is 138 Å². The van der Waals surface area contributed by atoms with Gasteiger partial charge in [-0.25, -0.2) is 19.3 Å². The molecule has 0 radical (unpaired) electrons. The molecule has 2 aromatic heterocycles. The van der Waals surface area contributed by atoms with Crippen molar-refractivity contribution in [1.82, 2.24) is 25.3 Å². The van der Waals surface area contributed by atoms with Crippen molar-refractivity contribution < 1.29 is 18.7 Å². The van der Waals surface area contributed by atoms with Crippen molar-refractivity contribution in [3.8, 4) is 28.7 Å². The Kier molecular flexibility index (Phi) is 7.04. The van der Waals surface area contributed by atoms with Gasteiger partial charge in [0.05, 0.1) is 41.8 Å². The first-order valence-corrected chi connectivity index (χ1v) is 11.1. The Morgan fingerprint density at radius 2 is 1.97 bits per heavy atom. The number of halogens is 1. The van der Waals surface area contributed by atoms with Crippen LogP contribution in [0.5, 0.6) is 0 Å². The summed E-state index contributed by atoms with van der Waals surface area (Å²) in [4.78, 5) is 29.2. The molecule has 1 aliphatic heterocycles. The van der Waals surface area contributed by atoms with E-state index in [1.807, 2.05) is 19.9 Å². The average Bonchev–Trinajstić information content (AvgIpc) is 3.28. The van der Waals surface area contributed by atoms with E-state index >= 15 is 0 Å². The van der Waals surface area contributed by atoms with E-state index in [9.17, 15) is 9.18 Å². The smallest absolute Gasteiger partial charge is 0.231 e. The number of carbonyl (C=O) groups is 1. The molecule has 0 spiro atoms. The standard InChI is InChI=1S/C24H26FN7O3/c1-14(2)29-23-28-10-8-17(30-23)19-18(15-4-6-16(25)7-5-15)31-20(32-19)21-34-12-24(3,13-35-21)22(33)27-11-9-26/h4-8,10,14,21H,11-13H2,1-3H3,(H,27,33)(H,31,32)(H,28,29,30). The van der Waals surface area contributed by atoms with Crippen molar-refractivity contribution in [2.45, 2.75) is 33.1 Å². The monoisotopic (exact) mass is 479 g/mol. The summed E-state index contributed by atoms with van der Waals surface area (Å²) in [5.74, 6) is 0.166. The number of anilines is 1. The van der Waals surface area contributed by atoms with Crippen molar-refractivity contribution in [1.29, 1.82) is 5.26 Å². The van der Waals surface area contributed by atoms with Crippen LogP contribution in [0.25, 0.3) is 22.6 Å². The maximum absolute atomic E-state index is 13.6. The lowest BCUT2D eigenvalue weighted by molar-refractivity contribution is -0.230. The number of aromatic nitrogens is 4. The van der Waals surface area contributed by atoms with Gasteiger partial charge in [0.25, 0.3) is 0 Å². The van der Waals surface area contributed by atoms with Crippen molar-refractivity contribution >= 4 is 11.9 Å². The van der Waals surface area contributed by atoms with Crippen molar-refractivity contribution in [2.24, 2.45) is 5.41 Å². The number of rotatable bonds is 7. The van der Waals surface area contributed by atoms with Crippen molar-refractivity contribution in [3.63, 3.8) is 0 Å². The highest BCUT2D eigenvalue weighted by molar-refractivity contribution is 5.83. The van der Waals surface area contributed by atoms with Crippen LogP contribution < -0.4 is 10.6 Å². The Morgan fingerprint density at radius 3 is 2.63 bits per heavy atom. The second-order valence-electron chi connectivity index (χ2n) is 8.77. The van der Waals surface area contributed by atoms with E-state index in [-0.39, 0.29) is 37.5 Å². The highest BCUT2D eigenvalue weighted by Crippen LogP contribution is 2.35. The lowest BCUT2D eigenvalue weighted by Gasteiger charge is -2.35. The predicted molar refractivity (Wildman–Crippen MR) is 125 cm³/mol. The quantitative estimate of drug-likeness (QED) is 0.439. The highest BCUT2D eigenvalue weighted by atomic mass is 19.1. The normalized spacial score (nSPS) is 19.8. The fraction of sp³-hybridized carbons (Fsp3) is 0.375. The minimum atomic E-state index is -0.938. The van der Waals surface area contributed by atoms with Crippen LogP contribution in [0.4, 0.5) is 10.3 Å². The lowest BCUT2D eigenvalue weighted by Crippen LogP contribution is -2.48. The van der Waals surface area contributed by atoms with Crippen LogP contribution in [-0.2, 0) is 14.3 Å². The summed E-state index contributed by atoms with van der Waals surface area (Å²) in [5.41, 5.74) is 1.46. The Bertz CT molecular complexity index is 1230. The molecule has 0 atom stereocenters. The first-order chi connectivity index (χ1) is 16.8. The number of benzene rings is 1. The number of imidazole rings is 1. The van der Waals surface area contributed by atoms with Crippen LogP contribution in [0, 0.1) is 22.6 Å². The van der Waals surface area contributed by atoms with Gasteiger partial charge in [-0.05, 0) is 51.1 Å². The maximum Gasteiger partial charge on any atom is 0.231 e. The minimum absolute atomic E-state index is 0.0762. The zero-order valence-electron chi connectivity index (χ0n) is 19.6. The van der Waals surface area contributed by atoms with E-state index in [1.165, 1.54) is 12.1 Å². The first kappa shape index (κ1) is 24.3. The number of H-pyrrole nitrogens is 1. The average molecular weight is 480 g/mol. The van der Waals surface area contributed by atoms with Crippen molar-refractivity contribution in [3.05, 3.63) is 48.2 Å².